The van der Waals surface area contributed by atoms with Crippen LogP contribution in [0.4, 0.5) is 5.69 Å². The molecule has 0 saturated heterocycles. The molecule has 4 heteroatoms. The highest BCUT2D eigenvalue weighted by molar-refractivity contribution is 6.30. The van der Waals surface area contributed by atoms with Crippen molar-refractivity contribution in [2.45, 2.75) is 13.0 Å². The second-order valence-electron chi connectivity index (χ2n) is 4.26. The molecular formula is C15H14ClNO2. The Bertz CT molecular complexity index is 584. The van der Waals surface area contributed by atoms with E-state index in [1.165, 1.54) is 0 Å². The standard InChI is InChI=1S/C15H14ClNO2/c1-10-9-12(16)7-8-13(10)17-15(19)14(18)11-5-3-2-4-6-11/h2-9,14,18H,1H3,(H,17,19). The molecule has 0 bridgehead atoms. The first-order valence-electron chi connectivity index (χ1n) is 5.88. The molecule has 2 N–H and O–H groups in total. The number of halogens is 1. The van der Waals surface area contributed by atoms with Gasteiger partial charge in [0.15, 0.2) is 6.10 Å². The van der Waals surface area contributed by atoms with Crippen molar-refractivity contribution in [3.63, 3.8) is 0 Å². The van der Waals surface area contributed by atoms with Crippen molar-refractivity contribution in [1.82, 2.24) is 0 Å². The fraction of sp³-hybridized carbons (Fsp3) is 0.133. The molecule has 0 aliphatic heterocycles. The van der Waals surface area contributed by atoms with Crippen LogP contribution in [0.1, 0.15) is 17.2 Å². The summed E-state index contributed by atoms with van der Waals surface area (Å²) in [7, 11) is 0. The molecule has 2 rings (SSSR count). The monoisotopic (exact) mass is 275 g/mol. The van der Waals surface area contributed by atoms with Crippen LogP contribution in [0.15, 0.2) is 48.5 Å². The van der Waals surface area contributed by atoms with Gasteiger partial charge in [0.1, 0.15) is 0 Å². The normalized spacial score (nSPS) is 11.9. The molecule has 0 aliphatic carbocycles. The van der Waals surface area contributed by atoms with Gasteiger partial charge < -0.3 is 10.4 Å². The van der Waals surface area contributed by atoms with Crippen LogP contribution in [0.2, 0.25) is 5.02 Å². The van der Waals surface area contributed by atoms with E-state index in [4.69, 9.17) is 11.6 Å². The van der Waals surface area contributed by atoms with E-state index in [-0.39, 0.29) is 0 Å². The van der Waals surface area contributed by atoms with Crippen LogP contribution in [0.3, 0.4) is 0 Å². The average Bonchev–Trinajstić information content (AvgIpc) is 2.42. The van der Waals surface area contributed by atoms with E-state index in [1.807, 2.05) is 13.0 Å². The third kappa shape index (κ3) is 3.34. The van der Waals surface area contributed by atoms with E-state index in [0.29, 0.717) is 16.3 Å². The molecule has 1 amide bonds. The fourth-order valence-corrected chi connectivity index (χ4v) is 1.98. The Kier molecular flexibility index (Phi) is 4.20. The van der Waals surface area contributed by atoms with Gasteiger partial charge in [-0.2, -0.15) is 0 Å². The van der Waals surface area contributed by atoms with Crippen molar-refractivity contribution in [2.75, 3.05) is 5.32 Å². The number of benzene rings is 2. The molecule has 1 atom stereocenters. The predicted molar refractivity (Wildman–Crippen MR) is 76.2 cm³/mol. The maximum atomic E-state index is 12.0. The summed E-state index contributed by atoms with van der Waals surface area (Å²) in [6.45, 7) is 1.84. The molecule has 0 aliphatic rings. The molecule has 0 fully saturated rings. The predicted octanol–water partition coefficient (Wildman–Crippen LogP) is 3.32. The van der Waals surface area contributed by atoms with Crippen LogP contribution in [-0.2, 0) is 4.79 Å². The number of amides is 1. The van der Waals surface area contributed by atoms with Gasteiger partial charge in [0.25, 0.3) is 5.91 Å². The smallest absolute Gasteiger partial charge is 0.257 e. The Morgan fingerprint density at radius 1 is 1.21 bits per heavy atom. The van der Waals surface area contributed by atoms with Gasteiger partial charge >= 0.3 is 0 Å². The van der Waals surface area contributed by atoms with Crippen LogP contribution in [0.5, 0.6) is 0 Å². The lowest BCUT2D eigenvalue weighted by atomic mass is 10.1. The topological polar surface area (TPSA) is 49.3 Å². The molecule has 1 unspecified atom stereocenters. The van der Waals surface area contributed by atoms with Crippen molar-refractivity contribution in [2.24, 2.45) is 0 Å². The number of carbonyl (C=O) groups excluding carboxylic acids is 1. The molecule has 0 spiro atoms. The number of anilines is 1. The Morgan fingerprint density at radius 2 is 1.89 bits per heavy atom. The largest absolute Gasteiger partial charge is 0.378 e. The molecular weight excluding hydrogens is 262 g/mol. The average molecular weight is 276 g/mol. The number of nitrogens with one attached hydrogen (secondary N) is 1. The van der Waals surface area contributed by atoms with Gasteiger partial charge in [-0.15, -0.1) is 0 Å². The van der Waals surface area contributed by atoms with Gasteiger partial charge in [-0.1, -0.05) is 41.9 Å². The maximum absolute atomic E-state index is 12.0. The highest BCUT2D eigenvalue weighted by Gasteiger charge is 2.17. The van der Waals surface area contributed by atoms with Gasteiger partial charge in [-0.05, 0) is 36.2 Å². The van der Waals surface area contributed by atoms with E-state index in [0.717, 1.165) is 5.56 Å². The number of rotatable bonds is 3. The minimum absolute atomic E-state index is 0.461. The summed E-state index contributed by atoms with van der Waals surface area (Å²) in [4.78, 5) is 12.0. The van der Waals surface area contributed by atoms with E-state index in [2.05, 4.69) is 5.32 Å². The first-order valence-corrected chi connectivity index (χ1v) is 6.26. The van der Waals surface area contributed by atoms with Gasteiger partial charge in [-0.25, -0.2) is 0 Å². The number of hydrogen-bond acceptors (Lipinski definition) is 2. The van der Waals surface area contributed by atoms with Crippen LogP contribution >= 0.6 is 11.6 Å². The van der Waals surface area contributed by atoms with E-state index in [1.54, 1.807) is 42.5 Å². The highest BCUT2D eigenvalue weighted by atomic mass is 35.5. The maximum Gasteiger partial charge on any atom is 0.257 e. The zero-order chi connectivity index (χ0) is 13.8. The van der Waals surface area contributed by atoms with Gasteiger partial charge in [0.05, 0.1) is 0 Å². The number of hydrogen-bond donors (Lipinski definition) is 2. The summed E-state index contributed by atoms with van der Waals surface area (Å²) in [5, 5.41) is 13.3. The van der Waals surface area contributed by atoms with E-state index < -0.39 is 12.0 Å². The number of carbonyl (C=O) groups is 1. The Morgan fingerprint density at radius 3 is 2.53 bits per heavy atom. The zero-order valence-electron chi connectivity index (χ0n) is 10.4. The summed E-state index contributed by atoms with van der Waals surface area (Å²) in [5.74, 6) is -0.461. The van der Waals surface area contributed by atoms with Crippen LogP contribution in [0.25, 0.3) is 0 Å². The van der Waals surface area contributed by atoms with Crippen molar-refractivity contribution in [1.29, 1.82) is 0 Å². The Balaban J connectivity index is 2.13. The Labute approximate surface area is 116 Å². The highest BCUT2D eigenvalue weighted by Crippen LogP contribution is 2.21. The van der Waals surface area contributed by atoms with E-state index >= 15 is 0 Å². The molecule has 3 nitrogen and oxygen atoms in total. The molecule has 2 aromatic rings. The van der Waals surface area contributed by atoms with Gasteiger partial charge in [-0.3, -0.25) is 4.79 Å². The molecule has 0 aromatic heterocycles. The molecule has 98 valence electrons. The summed E-state index contributed by atoms with van der Waals surface area (Å²) < 4.78 is 0. The first-order chi connectivity index (χ1) is 9.08. The van der Waals surface area contributed by atoms with E-state index in [9.17, 15) is 9.90 Å². The molecule has 0 radical (unpaired) electrons. The summed E-state index contributed by atoms with van der Waals surface area (Å²) in [5.41, 5.74) is 2.05. The summed E-state index contributed by atoms with van der Waals surface area (Å²) in [6, 6.07) is 14.0. The zero-order valence-corrected chi connectivity index (χ0v) is 11.2. The van der Waals surface area contributed by atoms with Crippen molar-refractivity contribution in [3.8, 4) is 0 Å². The number of aryl methyl sites for hydroxylation is 1. The van der Waals surface area contributed by atoms with Crippen molar-refractivity contribution in [3.05, 3.63) is 64.7 Å². The van der Waals surface area contributed by atoms with Gasteiger partial charge in [0, 0.05) is 10.7 Å². The lowest BCUT2D eigenvalue weighted by molar-refractivity contribution is -0.124. The minimum Gasteiger partial charge on any atom is -0.378 e. The molecule has 0 saturated carbocycles. The first kappa shape index (κ1) is 13.6. The van der Waals surface area contributed by atoms with Crippen molar-refractivity contribution >= 4 is 23.2 Å². The summed E-state index contributed by atoms with van der Waals surface area (Å²) in [6.07, 6.45) is -1.18. The van der Waals surface area contributed by atoms with Crippen LogP contribution in [-0.4, -0.2) is 11.0 Å². The van der Waals surface area contributed by atoms with Crippen molar-refractivity contribution < 1.29 is 9.90 Å². The SMILES string of the molecule is Cc1cc(Cl)ccc1NC(=O)C(O)c1ccccc1. The number of aliphatic hydroxyl groups is 1. The second-order valence-corrected chi connectivity index (χ2v) is 4.70. The third-order valence-corrected chi connectivity index (χ3v) is 3.05. The van der Waals surface area contributed by atoms with Crippen LogP contribution in [0, 0.1) is 6.92 Å². The molecule has 0 heterocycles. The molecule has 2 aromatic carbocycles. The third-order valence-electron chi connectivity index (χ3n) is 2.81. The number of aliphatic hydroxyl groups excluding tert-OH is 1. The lowest BCUT2D eigenvalue weighted by Gasteiger charge is -2.13. The molecule has 19 heavy (non-hydrogen) atoms. The quantitative estimate of drug-likeness (QED) is 0.903. The Hall–Kier alpha value is -1.84. The lowest BCUT2D eigenvalue weighted by Crippen LogP contribution is -2.21. The second kappa shape index (κ2) is 5.87. The minimum atomic E-state index is -1.18. The summed E-state index contributed by atoms with van der Waals surface area (Å²) >= 11 is 5.85. The van der Waals surface area contributed by atoms with Crippen LogP contribution < -0.4 is 5.32 Å². The van der Waals surface area contributed by atoms with Gasteiger partial charge in [0.2, 0.25) is 0 Å². The fourth-order valence-electron chi connectivity index (χ4n) is 1.76.